The average Bonchev–Trinajstić information content (AvgIpc) is 2.55. The Balaban J connectivity index is 2.30. The molecule has 25 heavy (non-hydrogen) atoms. The Labute approximate surface area is 150 Å². The van der Waals surface area contributed by atoms with E-state index < -0.39 is 0 Å². The van der Waals surface area contributed by atoms with Crippen LogP contribution in [0.25, 0.3) is 0 Å². The van der Waals surface area contributed by atoms with Crippen LogP contribution in [-0.4, -0.2) is 21.9 Å². The number of hydrogen-bond donors (Lipinski definition) is 2. The SMILES string of the molecule is CCC(C)Nc1cc(C(=O)Nc2c(C)cccc2C(C)C)nc(C)n1. The number of aromatic nitrogens is 2. The number of nitrogens with zero attached hydrogens (tertiary/aromatic N) is 2. The van der Waals surface area contributed by atoms with E-state index in [1.165, 1.54) is 0 Å². The Morgan fingerprint density at radius 1 is 1.16 bits per heavy atom. The minimum atomic E-state index is -0.214. The number of rotatable bonds is 6. The molecule has 0 saturated heterocycles. The molecule has 1 heterocycles. The summed E-state index contributed by atoms with van der Waals surface area (Å²) in [7, 11) is 0. The monoisotopic (exact) mass is 340 g/mol. The lowest BCUT2D eigenvalue weighted by atomic mass is 9.98. The van der Waals surface area contributed by atoms with Gasteiger partial charge in [0.25, 0.3) is 5.91 Å². The van der Waals surface area contributed by atoms with Gasteiger partial charge in [0.05, 0.1) is 0 Å². The summed E-state index contributed by atoms with van der Waals surface area (Å²) >= 11 is 0. The van der Waals surface area contributed by atoms with Crippen LogP contribution in [-0.2, 0) is 0 Å². The molecule has 0 bridgehead atoms. The fourth-order valence-corrected chi connectivity index (χ4v) is 2.63. The Bertz CT molecular complexity index is 755. The number of hydrogen-bond acceptors (Lipinski definition) is 4. The van der Waals surface area contributed by atoms with Gasteiger partial charge >= 0.3 is 0 Å². The van der Waals surface area contributed by atoms with E-state index in [0.29, 0.717) is 23.3 Å². The van der Waals surface area contributed by atoms with Gasteiger partial charge < -0.3 is 10.6 Å². The van der Waals surface area contributed by atoms with E-state index >= 15 is 0 Å². The number of nitrogens with one attached hydrogen (secondary N) is 2. The summed E-state index contributed by atoms with van der Waals surface area (Å²) in [5.74, 6) is 1.37. The molecular weight excluding hydrogens is 312 g/mol. The molecule has 0 aliphatic rings. The van der Waals surface area contributed by atoms with Gasteiger partial charge in [0.1, 0.15) is 17.3 Å². The maximum Gasteiger partial charge on any atom is 0.274 e. The molecule has 1 aromatic heterocycles. The molecule has 0 fully saturated rings. The van der Waals surface area contributed by atoms with Gasteiger partial charge in [-0.25, -0.2) is 9.97 Å². The van der Waals surface area contributed by atoms with Gasteiger partial charge in [0.15, 0.2) is 0 Å². The van der Waals surface area contributed by atoms with E-state index in [9.17, 15) is 4.79 Å². The van der Waals surface area contributed by atoms with Crippen molar-refractivity contribution in [2.45, 2.75) is 59.9 Å². The van der Waals surface area contributed by atoms with Crippen LogP contribution in [0.2, 0.25) is 0 Å². The minimum Gasteiger partial charge on any atom is -0.368 e. The van der Waals surface area contributed by atoms with Crippen LogP contribution in [0.5, 0.6) is 0 Å². The van der Waals surface area contributed by atoms with Crippen LogP contribution in [0.1, 0.15) is 67.5 Å². The van der Waals surface area contributed by atoms with E-state index in [-0.39, 0.29) is 11.9 Å². The van der Waals surface area contributed by atoms with Crippen molar-refractivity contribution in [2.75, 3.05) is 10.6 Å². The lowest BCUT2D eigenvalue weighted by Crippen LogP contribution is -2.19. The molecule has 2 aromatic rings. The fraction of sp³-hybridized carbons (Fsp3) is 0.450. The summed E-state index contributed by atoms with van der Waals surface area (Å²) in [5.41, 5.74) is 3.41. The van der Waals surface area contributed by atoms with Crippen LogP contribution < -0.4 is 10.6 Å². The van der Waals surface area contributed by atoms with Gasteiger partial charge in [-0.15, -0.1) is 0 Å². The van der Waals surface area contributed by atoms with E-state index in [1.807, 2.05) is 19.1 Å². The van der Waals surface area contributed by atoms with Crippen molar-refractivity contribution in [1.29, 1.82) is 0 Å². The smallest absolute Gasteiger partial charge is 0.274 e. The summed E-state index contributed by atoms with van der Waals surface area (Å²) < 4.78 is 0. The number of aryl methyl sites for hydroxylation is 2. The van der Waals surface area contributed by atoms with Crippen molar-refractivity contribution >= 4 is 17.4 Å². The first-order valence-electron chi connectivity index (χ1n) is 8.84. The van der Waals surface area contributed by atoms with Crippen molar-refractivity contribution in [1.82, 2.24) is 9.97 Å². The summed E-state index contributed by atoms with van der Waals surface area (Å²) in [5, 5.41) is 6.34. The van der Waals surface area contributed by atoms with Crippen LogP contribution in [0.4, 0.5) is 11.5 Å². The molecule has 2 N–H and O–H groups in total. The number of benzene rings is 1. The summed E-state index contributed by atoms with van der Waals surface area (Å²) in [6.45, 7) is 12.2. The first kappa shape index (κ1) is 18.9. The zero-order chi connectivity index (χ0) is 18.6. The zero-order valence-corrected chi connectivity index (χ0v) is 16.0. The van der Waals surface area contributed by atoms with E-state index in [4.69, 9.17) is 0 Å². The Hall–Kier alpha value is -2.43. The Morgan fingerprint density at radius 2 is 1.88 bits per heavy atom. The minimum absolute atomic E-state index is 0.214. The molecule has 5 heteroatoms. The van der Waals surface area contributed by atoms with Crippen LogP contribution in [0.15, 0.2) is 24.3 Å². The Morgan fingerprint density at radius 3 is 2.52 bits per heavy atom. The molecule has 2 rings (SSSR count). The highest BCUT2D eigenvalue weighted by molar-refractivity contribution is 6.04. The number of carbonyl (C=O) groups is 1. The van der Waals surface area contributed by atoms with Gasteiger partial charge in [0.2, 0.25) is 0 Å². The maximum atomic E-state index is 12.8. The second-order valence-corrected chi connectivity index (χ2v) is 6.79. The lowest BCUT2D eigenvalue weighted by Gasteiger charge is -2.17. The van der Waals surface area contributed by atoms with Crippen molar-refractivity contribution in [3.8, 4) is 0 Å². The molecular formula is C20H28N4O. The number of carbonyl (C=O) groups excluding carboxylic acids is 1. The van der Waals surface area contributed by atoms with E-state index in [2.05, 4.69) is 54.4 Å². The molecule has 0 radical (unpaired) electrons. The second-order valence-electron chi connectivity index (χ2n) is 6.79. The molecule has 5 nitrogen and oxygen atoms in total. The van der Waals surface area contributed by atoms with Gasteiger partial charge in [-0.05, 0) is 44.2 Å². The highest BCUT2D eigenvalue weighted by atomic mass is 16.1. The predicted octanol–water partition coefficient (Wildman–Crippen LogP) is 4.68. The fourth-order valence-electron chi connectivity index (χ4n) is 2.63. The van der Waals surface area contributed by atoms with Crippen molar-refractivity contribution < 1.29 is 4.79 Å². The highest BCUT2D eigenvalue weighted by Crippen LogP contribution is 2.27. The van der Waals surface area contributed by atoms with Gasteiger partial charge in [-0.1, -0.05) is 39.0 Å². The number of para-hydroxylation sites is 1. The second kappa shape index (κ2) is 8.10. The third-order valence-electron chi connectivity index (χ3n) is 4.24. The number of anilines is 2. The van der Waals surface area contributed by atoms with Crippen molar-refractivity contribution in [3.05, 3.63) is 46.9 Å². The molecule has 1 atom stereocenters. The molecule has 0 saturated carbocycles. The van der Waals surface area contributed by atoms with Crippen molar-refractivity contribution in [2.24, 2.45) is 0 Å². The summed E-state index contributed by atoms with van der Waals surface area (Å²) in [6.07, 6.45) is 0.978. The predicted molar refractivity (Wildman–Crippen MR) is 103 cm³/mol. The molecule has 1 aromatic carbocycles. The normalized spacial score (nSPS) is 12.1. The molecule has 134 valence electrons. The zero-order valence-electron chi connectivity index (χ0n) is 16.0. The number of amides is 1. The Kier molecular flexibility index (Phi) is 6.12. The molecule has 0 spiro atoms. The quantitative estimate of drug-likeness (QED) is 0.801. The average molecular weight is 340 g/mol. The molecule has 1 unspecified atom stereocenters. The van der Waals surface area contributed by atoms with Gasteiger partial charge in [-0.3, -0.25) is 4.79 Å². The van der Waals surface area contributed by atoms with Gasteiger partial charge in [-0.2, -0.15) is 0 Å². The highest BCUT2D eigenvalue weighted by Gasteiger charge is 2.16. The van der Waals surface area contributed by atoms with E-state index in [0.717, 1.165) is 23.2 Å². The summed E-state index contributed by atoms with van der Waals surface area (Å²) in [4.78, 5) is 21.4. The molecule has 0 aliphatic carbocycles. The van der Waals surface area contributed by atoms with Gasteiger partial charge in [0, 0.05) is 17.8 Å². The van der Waals surface area contributed by atoms with E-state index in [1.54, 1.807) is 13.0 Å². The third kappa shape index (κ3) is 4.78. The van der Waals surface area contributed by atoms with Crippen LogP contribution >= 0.6 is 0 Å². The first-order chi connectivity index (χ1) is 11.8. The van der Waals surface area contributed by atoms with Crippen LogP contribution in [0, 0.1) is 13.8 Å². The molecule has 0 aliphatic heterocycles. The first-order valence-corrected chi connectivity index (χ1v) is 8.84. The van der Waals surface area contributed by atoms with Crippen LogP contribution in [0.3, 0.4) is 0 Å². The standard InChI is InChI=1S/C20H28N4O/c1-7-14(5)21-18-11-17(22-15(6)23-18)20(25)24-19-13(4)9-8-10-16(19)12(2)3/h8-12,14H,7H2,1-6H3,(H,24,25)(H,21,22,23). The largest absolute Gasteiger partial charge is 0.368 e. The molecule has 1 amide bonds. The van der Waals surface area contributed by atoms with Crippen molar-refractivity contribution in [3.63, 3.8) is 0 Å². The maximum absolute atomic E-state index is 12.8. The third-order valence-corrected chi connectivity index (χ3v) is 4.24. The lowest BCUT2D eigenvalue weighted by molar-refractivity contribution is 0.102. The topological polar surface area (TPSA) is 66.9 Å². The summed E-state index contributed by atoms with van der Waals surface area (Å²) in [6, 6.07) is 8.07.